The molecule has 23 heavy (non-hydrogen) atoms. The molecule has 0 unspecified atom stereocenters. The van der Waals surface area contributed by atoms with E-state index in [0.29, 0.717) is 17.4 Å². The average Bonchev–Trinajstić information content (AvgIpc) is 2.58. The minimum atomic E-state index is -0.403. The zero-order valence-electron chi connectivity index (χ0n) is 13.2. The van der Waals surface area contributed by atoms with E-state index in [4.69, 9.17) is 4.74 Å². The normalized spacial score (nSPS) is 16.0. The molecule has 0 spiro atoms. The lowest BCUT2D eigenvalue weighted by Gasteiger charge is -2.26. The van der Waals surface area contributed by atoms with Crippen LogP contribution in [0.4, 0.5) is 4.39 Å². The van der Waals surface area contributed by atoms with E-state index in [1.165, 1.54) is 12.1 Å². The highest BCUT2D eigenvalue weighted by molar-refractivity contribution is 5.77. The lowest BCUT2D eigenvalue weighted by molar-refractivity contribution is 0.0371. The number of unbranched alkanes of at least 4 members (excludes halogenated alkanes) is 2. The maximum atomic E-state index is 13.3. The molecule has 124 valence electrons. The Kier molecular flexibility index (Phi) is 5.35. The number of fused-ring (bicyclic) bond motifs is 1. The number of hydrogen-bond donors (Lipinski definition) is 0. The molecule has 0 amide bonds. The van der Waals surface area contributed by atoms with Crippen LogP contribution in [0.3, 0.4) is 0 Å². The monoisotopic (exact) mass is 319 g/mol. The lowest BCUT2D eigenvalue weighted by atomic mass is 10.2. The molecule has 0 saturated carbocycles. The number of rotatable bonds is 6. The molecule has 0 radical (unpaired) electrons. The summed E-state index contributed by atoms with van der Waals surface area (Å²) in [7, 11) is 0. The van der Waals surface area contributed by atoms with E-state index >= 15 is 0 Å². The fourth-order valence-corrected chi connectivity index (χ4v) is 2.91. The summed E-state index contributed by atoms with van der Waals surface area (Å²) in [6.45, 7) is 5.39. The van der Waals surface area contributed by atoms with Crippen LogP contribution in [-0.2, 0) is 11.3 Å². The molecule has 1 saturated heterocycles. The van der Waals surface area contributed by atoms with E-state index in [-0.39, 0.29) is 5.56 Å². The van der Waals surface area contributed by atoms with Crippen LogP contribution in [0.1, 0.15) is 19.3 Å². The van der Waals surface area contributed by atoms with E-state index in [1.54, 1.807) is 17.0 Å². The van der Waals surface area contributed by atoms with Crippen LogP contribution < -0.4 is 5.56 Å². The highest BCUT2D eigenvalue weighted by Crippen LogP contribution is 2.09. The summed E-state index contributed by atoms with van der Waals surface area (Å²) >= 11 is 0. The van der Waals surface area contributed by atoms with Crippen molar-refractivity contribution < 1.29 is 9.13 Å². The van der Waals surface area contributed by atoms with Crippen molar-refractivity contribution in [2.75, 3.05) is 32.8 Å². The van der Waals surface area contributed by atoms with Gasteiger partial charge in [-0.25, -0.2) is 9.37 Å². The summed E-state index contributed by atoms with van der Waals surface area (Å²) in [5, 5.41) is 0.348. The maximum absolute atomic E-state index is 13.3. The van der Waals surface area contributed by atoms with Gasteiger partial charge in [0.15, 0.2) is 0 Å². The van der Waals surface area contributed by atoms with Gasteiger partial charge in [0.25, 0.3) is 5.56 Å². The largest absolute Gasteiger partial charge is 0.379 e. The lowest BCUT2D eigenvalue weighted by Crippen LogP contribution is -2.36. The number of aromatic nitrogens is 2. The van der Waals surface area contributed by atoms with Crippen LogP contribution in [0.5, 0.6) is 0 Å². The quantitative estimate of drug-likeness (QED) is 0.765. The molecule has 5 nitrogen and oxygen atoms in total. The molecule has 2 aromatic rings. The van der Waals surface area contributed by atoms with Gasteiger partial charge in [0.2, 0.25) is 0 Å². The van der Waals surface area contributed by atoms with Crippen molar-refractivity contribution in [3.8, 4) is 0 Å². The second-order valence-electron chi connectivity index (χ2n) is 5.92. The van der Waals surface area contributed by atoms with Gasteiger partial charge >= 0.3 is 0 Å². The van der Waals surface area contributed by atoms with Crippen LogP contribution >= 0.6 is 0 Å². The van der Waals surface area contributed by atoms with Crippen LogP contribution in [-0.4, -0.2) is 47.3 Å². The molecule has 3 rings (SSSR count). The Labute approximate surface area is 134 Å². The first-order valence-electron chi connectivity index (χ1n) is 8.19. The molecule has 1 aromatic heterocycles. The van der Waals surface area contributed by atoms with Gasteiger partial charge in [-0.05, 0) is 37.6 Å². The summed E-state index contributed by atoms with van der Waals surface area (Å²) in [5.74, 6) is -0.403. The molecule has 0 N–H and O–H groups in total. The summed E-state index contributed by atoms with van der Waals surface area (Å²) in [6, 6.07) is 4.13. The zero-order valence-corrected chi connectivity index (χ0v) is 13.2. The molecule has 1 fully saturated rings. The zero-order chi connectivity index (χ0) is 16.1. The molecular weight excluding hydrogens is 297 g/mol. The van der Waals surface area contributed by atoms with Gasteiger partial charge in [-0.2, -0.15) is 0 Å². The highest BCUT2D eigenvalue weighted by Gasteiger charge is 2.09. The van der Waals surface area contributed by atoms with E-state index in [1.807, 2.05) is 0 Å². The number of morpholine rings is 1. The van der Waals surface area contributed by atoms with E-state index in [9.17, 15) is 9.18 Å². The number of ether oxygens (including phenoxy) is 1. The van der Waals surface area contributed by atoms with Crippen molar-refractivity contribution in [2.24, 2.45) is 0 Å². The van der Waals surface area contributed by atoms with Gasteiger partial charge in [-0.3, -0.25) is 14.3 Å². The molecule has 0 bridgehead atoms. The minimum absolute atomic E-state index is 0.164. The Balaban J connectivity index is 1.51. The van der Waals surface area contributed by atoms with E-state index in [2.05, 4.69) is 9.88 Å². The van der Waals surface area contributed by atoms with Crippen LogP contribution in [0.2, 0.25) is 0 Å². The fourth-order valence-electron chi connectivity index (χ4n) is 2.91. The molecular formula is C17H22FN3O2. The highest BCUT2D eigenvalue weighted by atomic mass is 19.1. The van der Waals surface area contributed by atoms with Crippen LogP contribution in [0, 0.1) is 5.82 Å². The summed E-state index contributed by atoms with van der Waals surface area (Å²) in [6.07, 6.45) is 4.66. The predicted molar refractivity (Wildman–Crippen MR) is 87.1 cm³/mol. The van der Waals surface area contributed by atoms with Gasteiger partial charge in [0, 0.05) is 19.6 Å². The summed E-state index contributed by atoms with van der Waals surface area (Å²) in [5.41, 5.74) is 0.377. The van der Waals surface area contributed by atoms with Crippen molar-refractivity contribution in [1.29, 1.82) is 0 Å². The Morgan fingerprint density at radius 3 is 2.74 bits per heavy atom. The number of halogens is 1. The van der Waals surface area contributed by atoms with Crippen molar-refractivity contribution in [3.63, 3.8) is 0 Å². The first-order valence-corrected chi connectivity index (χ1v) is 8.19. The topological polar surface area (TPSA) is 47.4 Å². The minimum Gasteiger partial charge on any atom is -0.379 e. The third-order valence-electron chi connectivity index (χ3n) is 4.26. The second kappa shape index (κ2) is 7.66. The third kappa shape index (κ3) is 4.14. The number of benzene rings is 1. The van der Waals surface area contributed by atoms with Gasteiger partial charge < -0.3 is 4.74 Å². The van der Waals surface area contributed by atoms with Gasteiger partial charge in [0.1, 0.15) is 5.82 Å². The number of hydrogen-bond acceptors (Lipinski definition) is 4. The molecule has 1 aromatic carbocycles. The third-order valence-corrected chi connectivity index (χ3v) is 4.26. The Morgan fingerprint density at radius 2 is 1.91 bits per heavy atom. The molecule has 2 heterocycles. The SMILES string of the molecule is O=c1c2cc(F)ccc2ncn1CCCCCN1CCOCC1. The van der Waals surface area contributed by atoms with Gasteiger partial charge in [-0.1, -0.05) is 6.42 Å². The van der Waals surface area contributed by atoms with Gasteiger partial charge in [-0.15, -0.1) is 0 Å². The standard InChI is InChI=1S/C17H22FN3O2/c18-14-4-5-16-15(12-14)17(22)21(13-19-16)7-3-1-2-6-20-8-10-23-11-9-20/h4-5,12-13H,1-3,6-11H2. The van der Waals surface area contributed by atoms with E-state index < -0.39 is 5.82 Å². The number of aryl methyl sites for hydroxylation is 1. The maximum Gasteiger partial charge on any atom is 0.261 e. The first-order chi connectivity index (χ1) is 11.2. The molecule has 0 atom stereocenters. The van der Waals surface area contributed by atoms with Crippen molar-refractivity contribution in [3.05, 3.63) is 40.7 Å². The molecule has 1 aliphatic heterocycles. The van der Waals surface area contributed by atoms with Crippen molar-refractivity contribution in [2.45, 2.75) is 25.8 Å². The smallest absolute Gasteiger partial charge is 0.261 e. The Morgan fingerprint density at radius 1 is 1.13 bits per heavy atom. The molecule has 0 aliphatic carbocycles. The first kappa shape index (κ1) is 16.1. The van der Waals surface area contributed by atoms with Crippen molar-refractivity contribution in [1.82, 2.24) is 14.5 Å². The van der Waals surface area contributed by atoms with Crippen LogP contribution in [0.15, 0.2) is 29.3 Å². The van der Waals surface area contributed by atoms with Crippen LogP contribution in [0.25, 0.3) is 10.9 Å². The summed E-state index contributed by atoms with van der Waals surface area (Å²) in [4.78, 5) is 19.0. The number of nitrogens with zero attached hydrogens (tertiary/aromatic N) is 3. The molecule has 6 heteroatoms. The Hall–Kier alpha value is -1.79. The van der Waals surface area contributed by atoms with Gasteiger partial charge in [0.05, 0.1) is 30.4 Å². The average molecular weight is 319 g/mol. The van der Waals surface area contributed by atoms with E-state index in [0.717, 1.165) is 52.1 Å². The Bertz CT molecular complexity index is 711. The fraction of sp³-hybridized carbons (Fsp3) is 0.529. The predicted octanol–water partition coefficient (Wildman–Crippen LogP) is 2.04. The summed E-state index contributed by atoms with van der Waals surface area (Å²) < 4.78 is 20.2. The molecule has 1 aliphatic rings. The van der Waals surface area contributed by atoms with Crippen molar-refractivity contribution >= 4 is 10.9 Å². The second-order valence-corrected chi connectivity index (χ2v) is 5.92.